The van der Waals surface area contributed by atoms with Crippen molar-refractivity contribution in [3.63, 3.8) is 0 Å². The number of benzene rings is 2. The van der Waals surface area contributed by atoms with E-state index in [1.807, 2.05) is 6.92 Å². The van der Waals surface area contributed by atoms with E-state index in [4.69, 9.17) is 9.47 Å². The summed E-state index contributed by atoms with van der Waals surface area (Å²) in [5.41, 5.74) is 1.25. The van der Waals surface area contributed by atoms with Gasteiger partial charge < -0.3 is 25.4 Å². The van der Waals surface area contributed by atoms with Gasteiger partial charge in [0.15, 0.2) is 0 Å². The maximum absolute atomic E-state index is 12.3. The Morgan fingerprint density at radius 2 is 1.57 bits per heavy atom. The molecule has 3 N–H and O–H groups in total. The summed E-state index contributed by atoms with van der Waals surface area (Å²) < 4.78 is 10.4. The summed E-state index contributed by atoms with van der Waals surface area (Å²) >= 11 is 1.11. The molecule has 10 heteroatoms. The molecule has 9 nitrogen and oxygen atoms in total. The lowest BCUT2D eigenvalue weighted by Crippen LogP contribution is -2.28. The van der Waals surface area contributed by atoms with Crippen LogP contribution in [0.4, 0.5) is 16.2 Å². The molecule has 0 atom stereocenters. The smallest absolute Gasteiger partial charge is 0.319 e. The molecule has 0 aliphatic heterocycles. The van der Waals surface area contributed by atoms with Crippen LogP contribution in [-0.4, -0.2) is 35.9 Å². The quantitative estimate of drug-likeness (QED) is 0.507. The van der Waals surface area contributed by atoms with Crippen molar-refractivity contribution in [2.75, 3.05) is 24.4 Å². The number of carbonyl (C=O) groups excluding carboxylic acids is 2. The van der Waals surface area contributed by atoms with Gasteiger partial charge in [-0.15, -0.1) is 10.2 Å². The highest BCUT2D eigenvalue weighted by Gasteiger charge is 2.14. The van der Waals surface area contributed by atoms with Gasteiger partial charge in [0.2, 0.25) is 5.01 Å². The fourth-order valence-corrected chi connectivity index (χ4v) is 3.08. The fourth-order valence-electron chi connectivity index (χ4n) is 2.41. The van der Waals surface area contributed by atoms with Crippen LogP contribution in [0.2, 0.25) is 0 Å². The molecule has 3 rings (SSSR count). The molecule has 0 bridgehead atoms. The monoisotopic (exact) mass is 427 g/mol. The molecule has 30 heavy (non-hydrogen) atoms. The zero-order valence-electron chi connectivity index (χ0n) is 16.5. The number of nitrogens with one attached hydrogen (secondary N) is 3. The minimum atomic E-state index is -0.390. The van der Waals surface area contributed by atoms with Crippen LogP contribution in [0.5, 0.6) is 11.5 Å². The second-order valence-corrected chi connectivity index (χ2v) is 7.01. The van der Waals surface area contributed by atoms with E-state index in [-0.39, 0.29) is 17.5 Å². The molecule has 1 heterocycles. The molecular weight excluding hydrogens is 406 g/mol. The van der Waals surface area contributed by atoms with Gasteiger partial charge in [0.05, 0.1) is 20.3 Å². The predicted molar refractivity (Wildman–Crippen MR) is 114 cm³/mol. The van der Waals surface area contributed by atoms with Gasteiger partial charge in [-0.3, -0.25) is 4.79 Å². The lowest BCUT2D eigenvalue weighted by atomic mass is 10.3. The Morgan fingerprint density at radius 3 is 2.20 bits per heavy atom. The van der Waals surface area contributed by atoms with Crippen LogP contribution in [0, 0.1) is 0 Å². The van der Waals surface area contributed by atoms with Gasteiger partial charge in [0.1, 0.15) is 16.5 Å². The average molecular weight is 427 g/mol. The van der Waals surface area contributed by atoms with Crippen LogP contribution in [0.25, 0.3) is 0 Å². The van der Waals surface area contributed by atoms with Crippen molar-refractivity contribution in [1.29, 1.82) is 0 Å². The number of hydrogen-bond acceptors (Lipinski definition) is 7. The number of nitrogens with zero attached hydrogens (tertiary/aromatic N) is 2. The third-order valence-corrected chi connectivity index (χ3v) is 4.75. The number of ether oxygens (including phenoxy) is 2. The van der Waals surface area contributed by atoms with Crippen molar-refractivity contribution in [2.24, 2.45) is 0 Å². The van der Waals surface area contributed by atoms with E-state index in [1.54, 1.807) is 55.6 Å². The molecule has 0 saturated carbocycles. The second-order valence-electron chi connectivity index (χ2n) is 5.95. The standard InChI is InChI=1S/C20H21N5O4S/c1-3-29-16-10-6-14(7-11-16)23-20(27)21-12-17-24-25-19(30-17)18(26)22-13-4-8-15(28-2)9-5-13/h4-11H,3,12H2,1-2H3,(H,22,26)(H2,21,23,27). The molecule has 3 aromatic rings. The molecule has 1 aromatic heterocycles. The molecule has 0 aliphatic carbocycles. The lowest BCUT2D eigenvalue weighted by molar-refractivity contribution is 0.102. The van der Waals surface area contributed by atoms with E-state index in [2.05, 4.69) is 26.1 Å². The Morgan fingerprint density at radius 1 is 0.933 bits per heavy atom. The van der Waals surface area contributed by atoms with Gasteiger partial charge in [0.25, 0.3) is 5.91 Å². The molecule has 0 saturated heterocycles. The molecule has 0 fully saturated rings. The van der Waals surface area contributed by atoms with Crippen molar-refractivity contribution in [3.8, 4) is 11.5 Å². The second kappa shape index (κ2) is 10.2. The number of carbonyl (C=O) groups is 2. The molecule has 156 valence electrons. The summed E-state index contributed by atoms with van der Waals surface area (Å²) in [6.07, 6.45) is 0. The first-order valence-electron chi connectivity index (χ1n) is 9.13. The minimum Gasteiger partial charge on any atom is -0.497 e. The predicted octanol–water partition coefficient (Wildman–Crippen LogP) is 3.52. The van der Waals surface area contributed by atoms with Crippen LogP contribution >= 0.6 is 11.3 Å². The fraction of sp³-hybridized carbons (Fsp3) is 0.200. The number of rotatable bonds is 8. The van der Waals surface area contributed by atoms with Gasteiger partial charge >= 0.3 is 6.03 Å². The van der Waals surface area contributed by atoms with Gasteiger partial charge in [-0.2, -0.15) is 0 Å². The highest BCUT2D eigenvalue weighted by Crippen LogP contribution is 2.18. The number of amides is 3. The summed E-state index contributed by atoms with van der Waals surface area (Å²) in [4.78, 5) is 24.3. The van der Waals surface area contributed by atoms with Crippen molar-refractivity contribution >= 4 is 34.6 Å². The van der Waals surface area contributed by atoms with Crippen LogP contribution in [-0.2, 0) is 6.54 Å². The molecule has 0 spiro atoms. The zero-order valence-corrected chi connectivity index (χ0v) is 17.3. The van der Waals surface area contributed by atoms with Gasteiger partial charge in [-0.1, -0.05) is 11.3 Å². The topological polar surface area (TPSA) is 114 Å². The van der Waals surface area contributed by atoms with Crippen molar-refractivity contribution in [1.82, 2.24) is 15.5 Å². The molecule has 0 radical (unpaired) electrons. The maximum atomic E-state index is 12.3. The third-order valence-electron chi connectivity index (χ3n) is 3.83. The Bertz CT molecular complexity index is 989. The average Bonchev–Trinajstić information content (AvgIpc) is 3.24. The molecule has 2 aromatic carbocycles. The summed E-state index contributed by atoms with van der Waals surface area (Å²) in [6, 6.07) is 13.6. The Kier molecular flexibility index (Phi) is 7.17. The van der Waals surface area contributed by atoms with E-state index in [1.165, 1.54) is 0 Å². The number of methoxy groups -OCH3 is 1. The summed E-state index contributed by atoms with van der Waals surface area (Å²) in [5, 5.41) is 16.7. The summed E-state index contributed by atoms with van der Waals surface area (Å²) in [6.45, 7) is 2.63. The van der Waals surface area contributed by atoms with Crippen LogP contribution in [0.1, 0.15) is 21.7 Å². The summed E-state index contributed by atoms with van der Waals surface area (Å²) in [7, 11) is 1.57. The van der Waals surface area contributed by atoms with E-state index in [0.717, 1.165) is 17.1 Å². The SMILES string of the molecule is CCOc1ccc(NC(=O)NCc2nnc(C(=O)Nc3ccc(OC)cc3)s2)cc1. The number of aromatic nitrogens is 2. The van der Waals surface area contributed by atoms with Gasteiger partial charge in [0, 0.05) is 11.4 Å². The summed E-state index contributed by atoms with van der Waals surface area (Å²) in [5.74, 6) is 1.06. The van der Waals surface area contributed by atoms with Gasteiger partial charge in [-0.25, -0.2) is 4.79 Å². The van der Waals surface area contributed by atoms with Crippen molar-refractivity contribution < 1.29 is 19.1 Å². The first-order valence-corrected chi connectivity index (χ1v) is 9.94. The van der Waals surface area contributed by atoms with Crippen LogP contribution < -0.4 is 25.4 Å². The number of anilines is 2. The van der Waals surface area contributed by atoms with E-state index >= 15 is 0 Å². The highest BCUT2D eigenvalue weighted by molar-refractivity contribution is 7.13. The first kappa shape index (κ1) is 21.1. The van der Waals surface area contributed by atoms with E-state index in [0.29, 0.717) is 28.7 Å². The highest BCUT2D eigenvalue weighted by atomic mass is 32.1. The molecular formula is C20H21N5O4S. The normalized spacial score (nSPS) is 10.2. The van der Waals surface area contributed by atoms with E-state index < -0.39 is 6.03 Å². The molecule has 0 aliphatic rings. The largest absolute Gasteiger partial charge is 0.497 e. The van der Waals surface area contributed by atoms with Crippen molar-refractivity contribution in [3.05, 3.63) is 58.5 Å². The minimum absolute atomic E-state index is 0.149. The Labute approximate surface area is 177 Å². The molecule has 3 amide bonds. The number of urea groups is 1. The Hall–Kier alpha value is -3.66. The Balaban J connectivity index is 1.48. The van der Waals surface area contributed by atoms with Crippen LogP contribution in [0.3, 0.4) is 0 Å². The maximum Gasteiger partial charge on any atom is 0.319 e. The number of hydrogen-bond donors (Lipinski definition) is 3. The lowest BCUT2D eigenvalue weighted by Gasteiger charge is -2.07. The third kappa shape index (κ3) is 5.92. The van der Waals surface area contributed by atoms with Crippen LogP contribution in [0.15, 0.2) is 48.5 Å². The molecule has 0 unspecified atom stereocenters. The van der Waals surface area contributed by atoms with E-state index in [9.17, 15) is 9.59 Å². The van der Waals surface area contributed by atoms with Gasteiger partial charge in [-0.05, 0) is 55.5 Å². The van der Waals surface area contributed by atoms with Crippen molar-refractivity contribution in [2.45, 2.75) is 13.5 Å². The zero-order chi connectivity index (χ0) is 21.3. The first-order chi connectivity index (χ1) is 14.6.